The molecule has 0 unspecified atom stereocenters. The Morgan fingerprint density at radius 2 is 2.21 bits per heavy atom. The Morgan fingerprint density at radius 1 is 1.42 bits per heavy atom. The number of hydrogen-bond acceptors (Lipinski definition) is 4. The molecule has 3 heterocycles. The van der Waals surface area contributed by atoms with E-state index in [-0.39, 0.29) is 0 Å². The maximum atomic E-state index is 5.94. The summed E-state index contributed by atoms with van der Waals surface area (Å²) in [7, 11) is 0. The molecule has 2 aromatic heterocycles. The van der Waals surface area contributed by atoms with Crippen LogP contribution in [0, 0.1) is 5.41 Å². The lowest BCUT2D eigenvalue weighted by molar-refractivity contribution is 0.301. The second-order valence-corrected chi connectivity index (χ2v) is 6.39. The third-order valence-corrected chi connectivity index (χ3v) is 5.53. The Morgan fingerprint density at radius 3 is 2.84 bits per heavy atom. The molecule has 0 radical (unpaired) electrons. The molecule has 0 aromatic carbocycles. The average Bonchev–Trinajstić information content (AvgIpc) is 3.12. The van der Waals surface area contributed by atoms with Gasteiger partial charge in [0.05, 0.1) is 5.69 Å². The minimum absolute atomic E-state index is 0.475. The van der Waals surface area contributed by atoms with Gasteiger partial charge < -0.3 is 10.6 Å². The van der Waals surface area contributed by atoms with Crippen LogP contribution in [0.3, 0.4) is 0 Å². The van der Waals surface area contributed by atoms with Gasteiger partial charge >= 0.3 is 0 Å². The second-order valence-electron chi connectivity index (χ2n) is 5.52. The Balaban J connectivity index is 1.95. The van der Waals surface area contributed by atoms with Crippen molar-refractivity contribution in [1.29, 1.82) is 0 Å². The van der Waals surface area contributed by atoms with E-state index in [4.69, 9.17) is 10.7 Å². The van der Waals surface area contributed by atoms with E-state index in [2.05, 4.69) is 34.7 Å². The number of imidazole rings is 1. The van der Waals surface area contributed by atoms with Gasteiger partial charge in [0.1, 0.15) is 0 Å². The van der Waals surface area contributed by atoms with E-state index in [0.29, 0.717) is 12.0 Å². The zero-order chi connectivity index (χ0) is 13.5. The minimum Gasteiger partial charge on any atom is -0.354 e. The summed E-state index contributed by atoms with van der Waals surface area (Å²) in [5, 5.41) is 2.07. The summed E-state index contributed by atoms with van der Waals surface area (Å²) in [6.45, 7) is 7.40. The highest BCUT2D eigenvalue weighted by Gasteiger charge is 2.36. The zero-order valence-corrected chi connectivity index (χ0v) is 12.5. The number of fused-ring (bicyclic) bond motifs is 1. The van der Waals surface area contributed by atoms with Gasteiger partial charge in [0.15, 0.2) is 10.8 Å². The van der Waals surface area contributed by atoms with Crippen molar-refractivity contribution in [3.8, 4) is 0 Å². The van der Waals surface area contributed by atoms with Crippen molar-refractivity contribution < 1.29 is 0 Å². The predicted molar refractivity (Wildman–Crippen MR) is 80.8 cm³/mol. The van der Waals surface area contributed by atoms with Crippen LogP contribution in [-0.2, 0) is 6.54 Å². The quantitative estimate of drug-likeness (QED) is 0.935. The van der Waals surface area contributed by atoms with Gasteiger partial charge in [0.25, 0.3) is 0 Å². The first-order valence-electron chi connectivity index (χ1n) is 7.12. The molecule has 19 heavy (non-hydrogen) atoms. The summed E-state index contributed by atoms with van der Waals surface area (Å²) in [6.07, 6.45) is 5.84. The number of hydrogen-bond donors (Lipinski definition) is 1. The third kappa shape index (κ3) is 1.96. The molecule has 3 rings (SSSR count). The van der Waals surface area contributed by atoms with E-state index in [1.807, 2.05) is 0 Å². The van der Waals surface area contributed by atoms with Crippen LogP contribution in [0.4, 0.5) is 5.82 Å². The maximum Gasteiger partial charge on any atom is 0.195 e. The highest BCUT2D eigenvalue weighted by atomic mass is 32.1. The molecule has 0 atom stereocenters. The Bertz CT molecular complexity index is 567. The molecule has 0 aliphatic carbocycles. The Kier molecular flexibility index (Phi) is 3.27. The van der Waals surface area contributed by atoms with Crippen LogP contribution >= 0.6 is 11.3 Å². The van der Waals surface area contributed by atoms with Crippen LogP contribution in [0.2, 0.25) is 0 Å². The summed E-state index contributed by atoms with van der Waals surface area (Å²) in [6, 6.07) is 0. The summed E-state index contributed by atoms with van der Waals surface area (Å²) < 4.78 is 2.14. The number of nitrogens with zero attached hydrogens (tertiary/aromatic N) is 3. The van der Waals surface area contributed by atoms with E-state index < -0.39 is 0 Å². The fraction of sp³-hybridized carbons (Fsp3) is 0.643. The molecule has 0 amide bonds. The van der Waals surface area contributed by atoms with Crippen molar-refractivity contribution in [2.75, 3.05) is 18.0 Å². The summed E-state index contributed by atoms with van der Waals surface area (Å²) >= 11 is 1.68. The smallest absolute Gasteiger partial charge is 0.195 e. The zero-order valence-electron chi connectivity index (χ0n) is 11.7. The van der Waals surface area contributed by atoms with Gasteiger partial charge in [-0.05, 0) is 24.7 Å². The normalized spacial score (nSPS) is 18.6. The van der Waals surface area contributed by atoms with E-state index in [1.54, 1.807) is 11.3 Å². The number of thiazole rings is 1. The maximum absolute atomic E-state index is 5.94. The molecule has 1 saturated heterocycles. The van der Waals surface area contributed by atoms with Gasteiger partial charge in [0, 0.05) is 31.2 Å². The molecule has 1 fully saturated rings. The lowest BCUT2D eigenvalue weighted by Crippen LogP contribution is -2.27. The monoisotopic (exact) mass is 278 g/mol. The number of rotatable bonds is 4. The molecule has 104 valence electrons. The fourth-order valence-electron chi connectivity index (χ4n) is 3.21. The van der Waals surface area contributed by atoms with Gasteiger partial charge in [0.2, 0.25) is 0 Å². The molecule has 0 spiro atoms. The molecular weight excluding hydrogens is 256 g/mol. The molecule has 2 aromatic rings. The standard InChI is InChI=1S/C14H22N4S/c1-3-14(4-2)5-6-17(10-14)12-11(9-15)18-7-8-19-13(18)16-12/h7-8H,3-6,9-10,15H2,1-2H3. The number of anilines is 1. The first kappa shape index (κ1) is 12.9. The predicted octanol–water partition coefficient (Wildman–Crippen LogP) is 2.87. The Labute approximate surface area is 118 Å². The van der Waals surface area contributed by atoms with Crippen LogP contribution < -0.4 is 10.6 Å². The molecular formula is C14H22N4S. The largest absolute Gasteiger partial charge is 0.354 e. The first-order valence-corrected chi connectivity index (χ1v) is 8.00. The Hall–Kier alpha value is -1.07. The van der Waals surface area contributed by atoms with Crippen LogP contribution in [0.15, 0.2) is 11.6 Å². The van der Waals surface area contributed by atoms with Crippen molar-refractivity contribution in [2.24, 2.45) is 11.1 Å². The first-order chi connectivity index (χ1) is 9.23. The lowest BCUT2D eigenvalue weighted by Gasteiger charge is -2.26. The van der Waals surface area contributed by atoms with E-state index in [1.165, 1.54) is 19.3 Å². The van der Waals surface area contributed by atoms with Crippen LogP contribution in [0.1, 0.15) is 38.8 Å². The van der Waals surface area contributed by atoms with Gasteiger partial charge in [-0.3, -0.25) is 4.40 Å². The lowest BCUT2D eigenvalue weighted by atomic mass is 9.82. The van der Waals surface area contributed by atoms with Crippen molar-refractivity contribution in [2.45, 2.75) is 39.7 Å². The van der Waals surface area contributed by atoms with Crippen molar-refractivity contribution in [3.63, 3.8) is 0 Å². The van der Waals surface area contributed by atoms with Crippen LogP contribution in [0.25, 0.3) is 4.96 Å². The van der Waals surface area contributed by atoms with Crippen molar-refractivity contribution in [1.82, 2.24) is 9.38 Å². The number of aromatic nitrogens is 2. The molecule has 0 bridgehead atoms. The van der Waals surface area contributed by atoms with E-state index in [0.717, 1.165) is 29.6 Å². The topological polar surface area (TPSA) is 46.6 Å². The van der Waals surface area contributed by atoms with E-state index >= 15 is 0 Å². The van der Waals surface area contributed by atoms with Gasteiger partial charge in [-0.25, -0.2) is 4.98 Å². The molecule has 1 aliphatic heterocycles. The van der Waals surface area contributed by atoms with Crippen molar-refractivity contribution >= 4 is 22.1 Å². The van der Waals surface area contributed by atoms with Crippen molar-refractivity contribution in [3.05, 3.63) is 17.3 Å². The molecule has 5 heteroatoms. The van der Waals surface area contributed by atoms with Gasteiger partial charge in [-0.2, -0.15) is 0 Å². The highest BCUT2D eigenvalue weighted by Crippen LogP contribution is 2.39. The third-order valence-electron chi connectivity index (χ3n) is 4.77. The molecule has 1 aliphatic rings. The molecule has 0 saturated carbocycles. The summed E-state index contributed by atoms with van der Waals surface area (Å²) in [4.78, 5) is 8.28. The van der Waals surface area contributed by atoms with Gasteiger partial charge in [-0.1, -0.05) is 13.8 Å². The van der Waals surface area contributed by atoms with Crippen LogP contribution in [-0.4, -0.2) is 22.5 Å². The van der Waals surface area contributed by atoms with Gasteiger partial charge in [-0.15, -0.1) is 11.3 Å². The molecule has 2 N–H and O–H groups in total. The highest BCUT2D eigenvalue weighted by molar-refractivity contribution is 7.15. The second kappa shape index (κ2) is 4.80. The van der Waals surface area contributed by atoms with E-state index in [9.17, 15) is 0 Å². The minimum atomic E-state index is 0.475. The summed E-state index contributed by atoms with van der Waals surface area (Å²) in [5.74, 6) is 1.11. The SMILES string of the molecule is CCC1(CC)CCN(c2nc3sccn3c2CN)C1. The molecule has 4 nitrogen and oxygen atoms in total. The van der Waals surface area contributed by atoms with Crippen LogP contribution in [0.5, 0.6) is 0 Å². The summed E-state index contributed by atoms with van der Waals surface area (Å²) in [5.41, 5.74) is 7.56. The average molecular weight is 278 g/mol. The number of nitrogens with two attached hydrogens (primary N) is 1. The fourth-order valence-corrected chi connectivity index (χ4v) is 3.94.